The van der Waals surface area contributed by atoms with E-state index in [4.69, 9.17) is 0 Å². The summed E-state index contributed by atoms with van der Waals surface area (Å²) in [4.78, 5) is 3.98. The van der Waals surface area contributed by atoms with Crippen molar-refractivity contribution in [1.82, 2.24) is 0 Å². The smallest absolute Gasteiger partial charge is 0.0264 e. The van der Waals surface area contributed by atoms with E-state index in [-0.39, 0.29) is 0 Å². The lowest BCUT2D eigenvalue weighted by atomic mass is 10.1. The van der Waals surface area contributed by atoms with Crippen molar-refractivity contribution in [2.24, 2.45) is 10.9 Å². The Labute approximate surface area is 69.5 Å². The predicted molar refractivity (Wildman–Crippen MR) is 51.9 cm³/mol. The highest BCUT2D eigenvalue weighted by Crippen LogP contribution is 2.07. The van der Waals surface area contributed by atoms with Crippen LogP contribution in [0.2, 0.25) is 0 Å². The molecule has 0 N–H and O–H groups in total. The first kappa shape index (κ1) is 10.2. The number of aliphatic imine (C=N–C) groups is 1. The minimum Gasteiger partial charge on any atom is -0.265 e. The molecule has 0 saturated carbocycles. The Morgan fingerprint density at radius 1 is 1.27 bits per heavy atom. The number of hydrogen-bond acceptors (Lipinski definition) is 1. The summed E-state index contributed by atoms with van der Waals surface area (Å²) in [5.41, 5.74) is 0. The Hall–Kier alpha value is -0.850. The lowest BCUT2D eigenvalue weighted by molar-refractivity contribution is 0.774. The second-order valence-electron chi connectivity index (χ2n) is 2.10. The number of nitrogens with zero attached hydrogens (tertiary/aromatic N) is 1. The van der Waals surface area contributed by atoms with E-state index >= 15 is 0 Å². The maximum absolute atomic E-state index is 3.98. The minimum atomic E-state index is 0.590. The molecule has 0 spiro atoms. The van der Waals surface area contributed by atoms with Gasteiger partial charge in [-0.15, -0.1) is 0 Å². The van der Waals surface area contributed by atoms with E-state index in [1.165, 1.54) is 0 Å². The standard InChI is InChI=1S/C8H11N.C2H6/c1-2-8-4-3-6-9-7-5-8;1-2/h3-8H,2H2,1H3;1-2H3. The lowest BCUT2D eigenvalue weighted by Gasteiger charge is -1.97. The van der Waals surface area contributed by atoms with Crippen molar-refractivity contribution in [2.75, 3.05) is 0 Å². The quantitative estimate of drug-likeness (QED) is 0.545. The van der Waals surface area contributed by atoms with E-state index in [0.717, 1.165) is 6.42 Å². The van der Waals surface area contributed by atoms with E-state index < -0.39 is 0 Å². The molecule has 0 fully saturated rings. The summed E-state index contributed by atoms with van der Waals surface area (Å²) in [7, 11) is 0. The first-order chi connectivity index (χ1) is 5.43. The van der Waals surface area contributed by atoms with Crippen LogP contribution < -0.4 is 0 Å². The third-order valence-electron chi connectivity index (χ3n) is 1.42. The minimum absolute atomic E-state index is 0.590. The van der Waals surface area contributed by atoms with Crippen LogP contribution in [0.5, 0.6) is 0 Å². The molecule has 0 aromatic heterocycles. The van der Waals surface area contributed by atoms with Gasteiger partial charge in [0.05, 0.1) is 0 Å². The topological polar surface area (TPSA) is 12.4 Å². The average Bonchev–Trinajstić information content (AvgIpc) is 2.35. The Bertz CT molecular complexity index is 138. The van der Waals surface area contributed by atoms with Crippen LogP contribution in [0.3, 0.4) is 0 Å². The molecule has 62 valence electrons. The van der Waals surface area contributed by atoms with Crippen LogP contribution >= 0.6 is 0 Å². The third-order valence-corrected chi connectivity index (χ3v) is 1.42. The highest BCUT2D eigenvalue weighted by Gasteiger charge is 1.94. The van der Waals surface area contributed by atoms with Crippen molar-refractivity contribution in [2.45, 2.75) is 27.2 Å². The largest absolute Gasteiger partial charge is 0.265 e. The second kappa shape index (κ2) is 7.26. The Morgan fingerprint density at radius 2 is 2.00 bits per heavy atom. The number of allylic oxidation sites excluding steroid dienone is 3. The normalized spacial score (nSPS) is 20.5. The third kappa shape index (κ3) is 4.54. The van der Waals surface area contributed by atoms with Gasteiger partial charge in [-0.1, -0.05) is 32.9 Å². The van der Waals surface area contributed by atoms with Crippen LogP contribution in [0.25, 0.3) is 0 Å². The molecular weight excluding hydrogens is 134 g/mol. The van der Waals surface area contributed by atoms with Crippen molar-refractivity contribution in [3.05, 3.63) is 24.4 Å². The zero-order valence-electron chi connectivity index (χ0n) is 7.62. The molecule has 1 aliphatic heterocycles. The van der Waals surface area contributed by atoms with Crippen LogP contribution in [0, 0.1) is 5.92 Å². The first-order valence-electron chi connectivity index (χ1n) is 4.30. The summed E-state index contributed by atoms with van der Waals surface area (Å²) in [5, 5.41) is 0. The molecule has 1 heteroatoms. The molecular formula is C10H17N. The molecule has 11 heavy (non-hydrogen) atoms. The molecule has 1 atom stereocenters. The molecule has 1 nitrogen and oxygen atoms in total. The zero-order chi connectivity index (χ0) is 8.53. The van der Waals surface area contributed by atoms with Gasteiger partial charge in [-0.25, -0.2) is 0 Å². The van der Waals surface area contributed by atoms with Crippen LogP contribution in [-0.2, 0) is 0 Å². The molecule has 0 aromatic rings. The van der Waals surface area contributed by atoms with Gasteiger partial charge in [-0.2, -0.15) is 0 Å². The van der Waals surface area contributed by atoms with Gasteiger partial charge in [0.25, 0.3) is 0 Å². The molecule has 1 aliphatic rings. The van der Waals surface area contributed by atoms with Gasteiger partial charge in [-0.05, 0) is 18.4 Å². The average molecular weight is 151 g/mol. The summed E-state index contributed by atoms with van der Waals surface area (Å²) in [6, 6.07) is 0. The summed E-state index contributed by atoms with van der Waals surface area (Å²) < 4.78 is 0. The van der Waals surface area contributed by atoms with E-state index in [2.05, 4.69) is 24.1 Å². The van der Waals surface area contributed by atoms with Gasteiger partial charge in [0, 0.05) is 12.4 Å². The first-order valence-corrected chi connectivity index (χ1v) is 4.30. The maximum Gasteiger partial charge on any atom is 0.0264 e. The van der Waals surface area contributed by atoms with E-state index in [1.807, 2.05) is 32.3 Å². The molecule has 0 aromatic carbocycles. The fraction of sp³-hybridized carbons (Fsp3) is 0.500. The fourth-order valence-corrected chi connectivity index (χ4v) is 0.788. The highest BCUT2D eigenvalue weighted by molar-refractivity contribution is 5.72. The van der Waals surface area contributed by atoms with Gasteiger partial charge in [0.15, 0.2) is 0 Å². The molecule has 0 aliphatic carbocycles. The predicted octanol–water partition coefficient (Wildman–Crippen LogP) is 3.19. The van der Waals surface area contributed by atoms with Crippen molar-refractivity contribution in [1.29, 1.82) is 0 Å². The van der Waals surface area contributed by atoms with Crippen LogP contribution in [-0.4, -0.2) is 6.21 Å². The Morgan fingerprint density at radius 3 is 2.64 bits per heavy atom. The molecule has 0 saturated heterocycles. The van der Waals surface area contributed by atoms with Crippen LogP contribution in [0.1, 0.15) is 27.2 Å². The fourth-order valence-electron chi connectivity index (χ4n) is 0.788. The van der Waals surface area contributed by atoms with Crippen molar-refractivity contribution < 1.29 is 0 Å². The van der Waals surface area contributed by atoms with Crippen LogP contribution in [0.15, 0.2) is 29.4 Å². The van der Waals surface area contributed by atoms with E-state index in [9.17, 15) is 0 Å². The maximum atomic E-state index is 3.98. The SMILES string of the molecule is CC.CCC1C=CC=NC=C1. The molecule has 0 amide bonds. The van der Waals surface area contributed by atoms with Gasteiger partial charge >= 0.3 is 0 Å². The number of rotatable bonds is 1. The van der Waals surface area contributed by atoms with Crippen molar-refractivity contribution in [3.63, 3.8) is 0 Å². The van der Waals surface area contributed by atoms with Crippen LogP contribution in [0.4, 0.5) is 0 Å². The number of hydrogen-bond donors (Lipinski definition) is 0. The van der Waals surface area contributed by atoms with Crippen molar-refractivity contribution >= 4 is 6.21 Å². The van der Waals surface area contributed by atoms with E-state index in [0.29, 0.717) is 5.92 Å². The summed E-state index contributed by atoms with van der Waals surface area (Å²) >= 11 is 0. The molecule has 0 radical (unpaired) electrons. The molecule has 1 heterocycles. The summed E-state index contributed by atoms with van der Waals surface area (Å²) in [5.74, 6) is 0.590. The Kier molecular flexibility index (Phi) is 6.70. The Balaban J connectivity index is 0.000000461. The van der Waals surface area contributed by atoms with Crippen molar-refractivity contribution in [3.8, 4) is 0 Å². The van der Waals surface area contributed by atoms with Gasteiger partial charge in [0.1, 0.15) is 0 Å². The molecule has 0 bridgehead atoms. The molecule has 1 rings (SSSR count). The summed E-state index contributed by atoms with van der Waals surface area (Å²) in [6.45, 7) is 6.17. The van der Waals surface area contributed by atoms with Gasteiger partial charge in [-0.3, -0.25) is 4.99 Å². The zero-order valence-corrected chi connectivity index (χ0v) is 7.62. The lowest BCUT2D eigenvalue weighted by Crippen LogP contribution is -1.85. The molecule has 1 unspecified atom stereocenters. The summed E-state index contributed by atoms with van der Waals surface area (Å²) in [6.07, 6.45) is 11.1. The highest BCUT2D eigenvalue weighted by atomic mass is 14.7. The van der Waals surface area contributed by atoms with Gasteiger partial charge < -0.3 is 0 Å². The second-order valence-corrected chi connectivity index (χ2v) is 2.10. The monoisotopic (exact) mass is 151 g/mol. The van der Waals surface area contributed by atoms with E-state index in [1.54, 1.807) is 0 Å². The van der Waals surface area contributed by atoms with Gasteiger partial charge in [0.2, 0.25) is 0 Å².